The van der Waals surface area contributed by atoms with Crippen LogP contribution in [0.2, 0.25) is 5.02 Å². The molecular formula is C13H7BrClF3N2O3. The Hall–Kier alpha value is -2.00. The molecule has 0 aliphatic carbocycles. The van der Waals surface area contributed by atoms with Crippen molar-refractivity contribution in [2.75, 3.05) is 5.32 Å². The van der Waals surface area contributed by atoms with E-state index in [1.54, 1.807) is 0 Å². The smallest absolute Gasteiger partial charge is 0.387 e. The maximum absolute atomic E-state index is 13.6. The molecule has 0 bridgehead atoms. The lowest BCUT2D eigenvalue weighted by molar-refractivity contribution is -0.383. The van der Waals surface area contributed by atoms with Gasteiger partial charge in [-0.1, -0.05) is 11.6 Å². The van der Waals surface area contributed by atoms with E-state index < -0.39 is 17.4 Å². The number of nitrogens with zero attached hydrogens (tertiary/aromatic N) is 1. The fourth-order valence-corrected chi connectivity index (χ4v) is 2.34. The van der Waals surface area contributed by atoms with E-state index in [9.17, 15) is 23.3 Å². The van der Waals surface area contributed by atoms with Gasteiger partial charge >= 0.3 is 6.61 Å². The van der Waals surface area contributed by atoms with Crippen molar-refractivity contribution >= 4 is 44.6 Å². The zero-order valence-corrected chi connectivity index (χ0v) is 13.4. The first-order valence-electron chi connectivity index (χ1n) is 5.93. The number of hydrogen-bond acceptors (Lipinski definition) is 4. The van der Waals surface area contributed by atoms with Gasteiger partial charge in [-0.15, -0.1) is 0 Å². The van der Waals surface area contributed by atoms with Gasteiger partial charge in [0.05, 0.1) is 15.1 Å². The van der Waals surface area contributed by atoms with Gasteiger partial charge in [0.15, 0.2) is 5.75 Å². The van der Waals surface area contributed by atoms with Crippen LogP contribution in [0.25, 0.3) is 0 Å². The fraction of sp³-hybridized carbons (Fsp3) is 0.0769. The second kappa shape index (κ2) is 7.05. The predicted octanol–water partition coefficient (Wildman–Crippen LogP) is 5.49. The molecule has 0 saturated heterocycles. The van der Waals surface area contributed by atoms with Crippen LogP contribution in [0, 0.1) is 15.9 Å². The molecule has 0 atom stereocenters. The second-order valence-corrected chi connectivity index (χ2v) is 5.39. The second-order valence-electron chi connectivity index (χ2n) is 4.16. The molecule has 0 saturated carbocycles. The van der Waals surface area contributed by atoms with Gasteiger partial charge in [0.2, 0.25) is 0 Å². The molecule has 10 heteroatoms. The molecule has 2 aromatic rings. The highest BCUT2D eigenvalue weighted by molar-refractivity contribution is 9.10. The monoisotopic (exact) mass is 410 g/mol. The summed E-state index contributed by atoms with van der Waals surface area (Å²) in [5.41, 5.74) is -0.697. The average molecular weight is 412 g/mol. The minimum absolute atomic E-state index is 0.104. The molecule has 0 spiro atoms. The summed E-state index contributed by atoms with van der Waals surface area (Å²) < 4.78 is 42.6. The molecule has 0 heterocycles. The molecule has 0 radical (unpaired) electrons. The summed E-state index contributed by atoms with van der Waals surface area (Å²) in [5, 5.41) is 13.7. The van der Waals surface area contributed by atoms with E-state index in [4.69, 9.17) is 11.6 Å². The molecule has 0 fully saturated rings. The standard InChI is InChI=1S/C13H7BrClF3N2O3/c14-11-7(16)2-4-10(23-13(17)18)12(11)19-8-5-6(15)1-3-9(8)20(21)22/h1-5,13,19H. The fourth-order valence-electron chi connectivity index (χ4n) is 1.75. The van der Waals surface area contributed by atoms with Crippen molar-refractivity contribution in [3.63, 3.8) is 0 Å². The van der Waals surface area contributed by atoms with Gasteiger partial charge in [-0.3, -0.25) is 10.1 Å². The summed E-state index contributed by atoms with van der Waals surface area (Å²) >= 11 is 8.68. The Morgan fingerprint density at radius 2 is 2.00 bits per heavy atom. The molecule has 23 heavy (non-hydrogen) atoms. The minimum atomic E-state index is -3.15. The maximum Gasteiger partial charge on any atom is 0.387 e. The van der Waals surface area contributed by atoms with E-state index >= 15 is 0 Å². The summed E-state index contributed by atoms with van der Waals surface area (Å²) in [6.45, 7) is -3.15. The van der Waals surface area contributed by atoms with E-state index in [-0.39, 0.29) is 32.3 Å². The van der Waals surface area contributed by atoms with E-state index in [0.29, 0.717) is 0 Å². The van der Waals surface area contributed by atoms with Crippen molar-refractivity contribution in [3.8, 4) is 5.75 Å². The Morgan fingerprint density at radius 3 is 2.61 bits per heavy atom. The first kappa shape index (κ1) is 17.4. The number of ether oxygens (including phenoxy) is 1. The van der Waals surface area contributed by atoms with Crippen molar-refractivity contribution in [2.45, 2.75) is 6.61 Å². The van der Waals surface area contributed by atoms with Gasteiger partial charge in [-0.05, 0) is 40.2 Å². The highest BCUT2D eigenvalue weighted by atomic mass is 79.9. The third-order valence-corrected chi connectivity index (χ3v) is 3.70. The van der Waals surface area contributed by atoms with Gasteiger partial charge in [-0.2, -0.15) is 8.78 Å². The maximum atomic E-state index is 13.6. The zero-order valence-electron chi connectivity index (χ0n) is 11.0. The number of anilines is 2. The number of rotatable bonds is 5. The number of alkyl halides is 2. The van der Waals surface area contributed by atoms with E-state index in [1.165, 1.54) is 12.1 Å². The minimum Gasteiger partial charge on any atom is -0.433 e. The van der Waals surface area contributed by atoms with Gasteiger partial charge in [0.25, 0.3) is 5.69 Å². The third kappa shape index (κ3) is 4.05. The summed E-state index contributed by atoms with van der Waals surface area (Å²) in [7, 11) is 0. The summed E-state index contributed by atoms with van der Waals surface area (Å²) in [6.07, 6.45) is 0. The van der Waals surface area contributed by atoms with E-state index in [2.05, 4.69) is 26.0 Å². The Bertz CT molecular complexity index is 761. The lowest BCUT2D eigenvalue weighted by Gasteiger charge is -2.15. The van der Waals surface area contributed by atoms with Gasteiger partial charge in [0.1, 0.15) is 11.5 Å². The molecule has 5 nitrogen and oxygen atoms in total. The van der Waals surface area contributed by atoms with E-state index in [1.807, 2.05) is 0 Å². The topological polar surface area (TPSA) is 64.4 Å². The largest absolute Gasteiger partial charge is 0.433 e. The Morgan fingerprint density at radius 1 is 1.30 bits per heavy atom. The Balaban J connectivity index is 2.53. The van der Waals surface area contributed by atoms with Crippen LogP contribution in [0.4, 0.5) is 30.2 Å². The van der Waals surface area contributed by atoms with Gasteiger partial charge in [0, 0.05) is 11.1 Å². The molecule has 0 aromatic heterocycles. The van der Waals surface area contributed by atoms with Crippen LogP contribution in [-0.4, -0.2) is 11.5 Å². The van der Waals surface area contributed by atoms with Crippen molar-refractivity contribution in [2.24, 2.45) is 0 Å². The van der Waals surface area contributed by atoms with Crippen molar-refractivity contribution in [1.82, 2.24) is 0 Å². The Labute approximate surface area is 141 Å². The first-order chi connectivity index (χ1) is 10.8. The van der Waals surface area contributed by atoms with Crippen LogP contribution in [0.3, 0.4) is 0 Å². The molecule has 2 rings (SSSR count). The Kier molecular flexibility index (Phi) is 5.32. The zero-order chi connectivity index (χ0) is 17.1. The number of nitro groups is 1. The van der Waals surface area contributed by atoms with Crippen molar-refractivity contribution in [3.05, 3.63) is 55.8 Å². The quantitative estimate of drug-likeness (QED) is 0.521. The normalized spacial score (nSPS) is 10.7. The van der Waals surface area contributed by atoms with E-state index in [0.717, 1.165) is 18.2 Å². The SMILES string of the molecule is O=[N+]([O-])c1ccc(Cl)cc1Nc1c(OC(F)F)ccc(F)c1Br. The molecule has 2 aromatic carbocycles. The molecule has 122 valence electrons. The number of benzene rings is 2. The summed E-state index contributed by atoms with van der Waals surface area (Å²) in [6, 6.07) is 5.53. The van der Waals surface area contributed by atoms with Crippen LogP contribution < -0.4 is 10.1 Å². The van der Waals surface area contributed by atoms with Gasteiger partial charge in [-0.25, -0.2) is 4.39 Å². The third-order valence-electron chi connectivity index (χ3n) is 2.69. The molecular weight excluding hydrogens is 405 g/mol. The summed E-state index contributed by atoms with van der Waals surface area (Å²) in [4.78, 5) is 10.3. The lowest BCUT2D eigenvalue weighted by Crippen LogP contribution is -2.06. The van der Waals surface area contributed by atoms with Crippen LogP contribution in [0.5, 0.6) is 5.75 Å². The lowest BCUT2D eigenvalue weighted by atomic mass is 10.2. The molecule has 0 aliphatic rings. The van der Waals surface area contributed by atoms with Crippen molar-refractivity contribution in [1.29, 1.82) is 0 Å². The highest BCUT2D eigenvalue weighted by Crippen LogP contribution is 2.40. The van der Waals surface area contributed by atoms with Crippen LogP contribution >= 0.6 is 27.5 Å². The number of hydrogen-bond donors (Lipinski definition) is 1. The number of nitro benzene ring substituents is 1. The van der Waals surface area contributed by atoms with Crippen molar-refractivity contribution < 1.29 is 22.8 Å². The average Bonchev–Trinajstić information content (AvgIpc) is 2.46. The predicted molar refractivity (Wildman–Crippen MR) is 82.1 cm³/mol. The molecule has 1 N–H and O–H groups in total. The van der Waals surface area contributed by atoms with Crippen LogP contribution in [0.1, 0.15) is 0 Å². The molecule has 0 aliphatic heterocycles. The van der Waals surface area contributed by atoms with Crippen LogP contribution in [0.15, 0.2) is 34.8 Å². The highest BCUT2D eigenvalue weighted by Gasteiger charge is 2.20. The molecule has 0 amide bonds. The first-order valence-corrected chi connectivity index (χ1v) is 7.10. The molecule has 0 unspecified atom stereocenters. The van der Waals surface area contributed by atoms with Crippen LogP contribution in [-0.2, 0) is 0 Å². The van der Waals surface area contributed by atoms with Gasteiger partial charge < -0.3 is 10.1 Å². The summed E-state index contributed by atoms with van der Waals surface area (Å²) in [5.74, 6) is -1.15. The number of nitrogens with one attached hydrogen (secondary N) is 1. The number of halogens is 5.